The molecule has 30 heavy (non-hydrogen) atoms. The lowest BCUT2D eigenvalue weighted by molar-refractivity contribution is -0.143. The molecule has 1 aromatic heterocycles. The molecule has 5 heteroatoms. The molecule has 0 unspecified atom stereocenters. The SMILES string of the molecule is C=CCN(CC(=O)N(Cc1ccccc1)Cc1sccc1C)C(=O)C1CCCCC1. The quantitative estimate of drug-likeness (QED) is 0.521. The van der Waals surface area contributed by atoms with Crippen molar-refractivity contribution in [1.29, 1.82) is 0 Å². The van der Waals surface area contributed by atoms with Gasteiger partial charge in [-0.05, 0) is 42.3 Å². The predicted octanol–water partition coefficient (Wildman–Crippen LogP) is 5.18. The summed E-state index contributed by atoms with van der Waals surface area (Å²) in [6.07, 6.45) is 6.99. The topological polar surface area (TPSA) is 40.6 Å². The van der Waals surface area contributed by atoms with Crippen LogP contribution in [0, 0.1) is 12.8 Å². The molecule has 0 atom stereocenters. The molecule has 1 aliphatic rings. The Morgan fingerprint density at radius 1 is 1.07 bits per heavy atom. The molecule has 1 heterocycles. The van der Waals surface area contributed by atoms with Crippen LogP contribution in [0.15, 0.2) is 54.4 Å². The van der Waals surface area contributed by atoms with Gasteiger partial charge in [0.1, 0.15) is 6.54 Å². The van der Waals surface area contributed by atoms with E-state index in [2.05, 4.69) is 24.9 Å². The van der Waals surface area contributed by atoms with Crippen molar-refractivity contribution in [2.24, 2.45) is 5.92 Å². The molecule has 3 rings (SSSR count). The number of thiophene rings is 1. The lowest BCUT2D eigenvalue weighted by Gasteiger charge is -2.30. The molecule has 0 N–H and O–H groups in total. The van der Waals surface area contributed by atoms with Gasteiger partial charge in [0.15, 0.2) is 0 Å². The third-order valence-electron chi connectivity index (χ3n) is 5.81. The molecule has 1 fully saturated rings. The maximum atomic E-state index is 13.4. The first kappa shape index (κ1) is 22.3. The van der Waals surface area contributed by atoms with E-state index in [4.69, 9.17) is 0 Å². The molecular formula is C25H32N2O2S. The number of carbonyl (C=O) groups is 2. The van der Waals surface area contributed by atoms with Gasteiger partial charge in [-0.15, -0.1) is 17.9 Å². The highest BCUT2D eigenvalue weighted by Crippen LogP contribution is 2.26. The number of benzene rings is 1. The van der Waals surface area contributed by atoms with Crippen LogP contribution in [-0.4, -0.2) is 34.7 Å². The summed E-state index contributed by atoms with van der Waals surface area (Å²) >= 11 is 1.67. The first-order valence-corrected chi connectivity index (χ1v) is 11.7. The van der Waals surface area contributed by atoms with Gasteiger partial charge in [0.2, 0.25) is 11.8 Å². The fourth-order valence-electron chi connectivity index (χ4n) is 4.03. The van der Waals surface area contributed by atoms with Crippen molar-refractivity contribution in [2.75, 3.05) is 13.1 Å². The number of rotatable bonds is 9. The molecule has 1 aliphatic carbocycles. The third-order valence-corrected chi connectivity index (χ3v) is 6.82. The maximum Gasteiger partial charge on any atom is 0.242 e. The van der Waals surface area contributed by atoms with Gasteiger partial charge in [-0.3, -0.25) is 9.59 Å². The van der Waals surface area contributed by atoms with Crippen molar-refractivity contribution in [2.45, 2.75) is 52.1 Å². The Labute approximate surface area is 184 Å². The van der Waals surface area contributed by atoms with Crippen LogP contribution in [0.4, 0.5) is 0 Å². The van der Waals surface area contributed by atoms with E-state index in [1.165, 1.54) is 16.9 Å². The average Bonchev–Trinajstić information content (AvgIpc) is 3.18. The molecule has 0 spiro atoms. The molecule has 0 saturated heterocycles. The van der Waals surface area contributed by atoms with Crippen molar-refractivity contribution in [3.63, 3.8) is 0 Å². The van der Waals surface area contributed by atoms with Gasteiger partial charge in [0.25, 0.3) is 0 Å². The zero-order valence-corrected chi connectivity index (χ0v) is 18.7. The Kier molecular flexibility index (Phi) is 8.26. The number of aryl methyl sites for hydroxylation is 1. The highest BCUT2D eigenvalue weighted by Gasteiger charge is 2.28. The summed E-state index contributed by atoms with van der Waals surface area (Å²) in [6, 6.07) is 12.1. The van der Waals surface area contributed by atoms with E-state index >= 15 is 0 Å². The second-order valence-electron chi connectivity index (χ2n) is 8.10. The van der Waals surface area contributed by atoms with E-state index in [0.717, 1.165) is 31.2 Å². The van der Waals surface area contributed by atoms with Crippen LogP contribution >= 0.6 is 11.3 Å². The molecule has 2 aromatic rings. The monoisotopic (exact) mass is 424 g/mol. The number of hydrogen-bond donors (Lipinski definition) is 0. The number of carbonyl (C=O) groups excluding carboxylic acids is 2. The van der Waals surface area contributed by atoms with E-state index in [1.54, 1.807) is 22.3 Å². The van der Waals surface area contributed by atoms with E-state index in [-0.39, 0.29) is 24.3 Å². The van der Waals surface area contributed by atoms with Gasteiger partial charge < -0.3 is 9.80 Å². The van der Waals surface area contributed by atoms with Gasteiger partial charge in [0.05, 0.1) is 6.54 Å². The first-order valence-electron chi connectivity index (χ1n) is 10.8. The van der Waals surface area contributed by atoms with Crippen LogP contribution in [-0.2, 0) is 22.7 Å². The predicted molar refractivity (Wildman–Crippen MR) is 123 cm³/mol. The minimum absolute atomic E-state index is 0.0161. The standard InChI is InChI=1S/C25H32N2O2S/c1-3-15-26(25(29)22-12-8-5-9-13-22)19-24(28)27(17-21-10-6-4-7-11-21)18-23-20(2)14-16-30-23/h3-4,6-7,10-11,14,16,22H,1,5,8-9,12-13,15,17-19H2,2H3. The highest BCUT2D eigenvalue weighted by molar-refractivity contribution is 7.10. The van der Waals surface area contributed by atoms with Crippen LogP contribution in [0.2, 0.25) is 0 Å². The summed E-state index contributed by atoms with van der Waals surface area (Å²) in [6.45, 7) is 7.51. The second kappa shape index (κ2) is 11.1. The molecule has 0 aliphatic heterocycles. The molecule has 160 valence electrons. The Bertz CT molecular complexity index is 840. The summed E-state index contributed by atoms with van der Waals surface area (Å²) in [5, 5.41) is 2.06. The van der Waals surface area contributed by atoms with E-state index in [1.807, 2.05) is 35.2 Å². The van der Waals surface area contributed by atoms with Gasteiger partial charge >= 0.3 is 0 Å². The molecule has 4 nitrogen and oxygen atoms in total. The van der Waals surface area contributed by atoms with Gasteiger partial charge in [-0.25, -0.2) is 0 Å². The maximum absolute atomic E-state index is 13.4. The number of hydrogen-bond acceptors (Lipinski definition) is 3. The zero-order valence-electron chi connectivity index (χ0n) is 17.9. The van der Waals surface area contributed by atoms with E-state index < -0.39 is 0 Å². The Morgan fingerprint density at radius 2 is 1.80 bits per heavy atom. The van der Waals surface area contributed by atoms with Gasteiger partial charge in [-0.2, -0.15) is 0 Å². The minimum atomic E-state index is -0.0161. The first-order chi connectivity index (χ1) is 14.6. The van der Waals surface area contributed by atoms with Crippen LogP contribution < -0.4 is 0 Å². The number of amides is 2. The van der Waals surface area contributed by atoms with Crippen molar-refractivity contribution in [3.05, 3.63) is 70.4 Å². The Hall–Kier alpha value is -2.40. The fraction of sp³-hybridized carbons (Fsp3) is 0.440. The molecule has 1 aromatic carbocycles. The summed E-state index contributed by atoms with van der Waals surface area (Å²) in [4.78, 5) is 31.2. The van der Waals surface area contributed by atoms with Crippen molar-refractivity contribution in [3.8, 4) is 0 Å². The van der Waals surface area contributed by atoms with Gasteiger partial charge in [0, 0.05) is 23.9 Å². The van der Waals surface area contributed by atoms with Crippen LogP contribution in [0.3, 0.4) is 0 Å². The zero-order chi connectivity index (χ0) is 21.3. The van der Waals surface area contributed by atoms with Crippen molar-refractivity contribution < 1.29 is 9.59 Å². The average molecular weight is 425 g/mol. The normalized spacial score (nSPS) is 14.3. The summed E-state index contributed by atoms with van der Waals surface area (Å²) in [5.41, 5.74) is 2.29. The molecule has 2 amide bonds. The molecule has 1 saturated carbocycles. The smallest absolute Gasteiger partial charge is 0.242 e. The summed E-state index contributed by atoms with van der Waals surface area (Å²) in [5.74, 6) is 0.140. The van der Waals surface area contributed by atoms with E-state index in [0.29, 0.717) is 19.6 Å². The Balaban J connectivity index is 1.74. The highest BCUT2D eigenvalue weighted by atomic mass is 32.1. The third kappa shape index (κ3) is 6.05. The summed E-state index contributed by atoms with van der Waals surface area (Å²) in [7, 11) is 0. The lowest BCUT2D eigenvalue weighted by atomic mass is 9.88. The van der Waals surface area contributed by atoms with Crippen LogP contribution in [0.1, 0.15) is 48.1 Å². The van der Waals surface area contributed by atoms with Crippen molar-refractivity contribution >= 4 is 23.2 Å². The van der Waals surface area contributed by atoms with Crippen LogP contribution in [0.25, 0.3) is 0 Å². The van der Waals surface area contributed by atoms with Crippen LogP contribution in [0.5, 0.6) is 0 Å². The Morgan fingerprint density at radius 3 is 2.43 bits per heavy atom. The van der Waals surface area contributed by atoms with Gasteiger partial charge in [-0.1, -0.05) is 55.7 Å². The largest absolute Gasteiger partial charge is 0.332 e. The lowest BCUT2D eigenvalue weighted by Crippen LogP contribution is -2.45. The van der Waals surface area contributed by atoms with Crippen molar-refractivity contribution in [1.82, 2.24) is 9.80 Å². The minimum Gasteiger partial charge on any atom is -0.332 e. The molecule has 0 bridgehead atoms. The van der Waals surface area contributed by atoms with E-state index in [9.17, 15) is 9.59 Å². The second-order valence-corrected chi connectivity index (χ2v) is 9.11. The fourth-order valence-corrected chi connectivity index (χ4v) is 4.96. The summed E-state index contributed by atoms with van der Waals surface area (Å²) < 4.78 is 0. The molecule has 0 radical (unpaired) electrons. The number of nitrogens with zero attached hydrogens (tertiary/aromatic N) is 2. The molecular weight excluding hydrogens is 392 g/mol.